The van der Waals surface area contributed by atoms with Gasteiger partial charge in [0.1, 0.15) is 34.0 Å². The van der Waals surface area contributed by atoms with Gasteiger partial charge in [-0.25, -0.2) is 0 Å². The number of hydrogen-bond donors (Lipinski definition) is 3. The lowest BCUT2D eigenvalue weighted by Gasteiger charge is -2.29. The number of aromatic hydroxyl groups is 2. The van der Waals surface area contributed by atoms with E-state index in [0.717, 1.165) is 0 Å². The Balaban J connectivity index is 1.79. The van der Waals surface area contributed by atoms with Gasteiger partial charge < -0.3 is 20.3 Å². The molecule has 9 nitrogen and oxygen atoms in total. The molecule has 0 saturated heterocycles. The highest BCUT2D eigenvalue weighted by Crippen LogP contribution is 2.57. The summed E-state index contributed by atoms with van der Waals surface area (Å²) in [6, 6.07) is 1.80. The Morgan fingerprint density at radius 1 is 1.25 bits per heavy atom. The second kappa shape index (κ2) is 7.37. The number of allylic oxidation sites excluding steroid dienone is 4. The number of rotatable bonds is 5. The number of fused-ring (bicyclic) bond motifs is 3. The van der Waals surface area contributed by atoms with Crippen molar-refractivity contribution in [2.45, 2.75) is 39.7 Å². The van der Waals surface area contributed by atoms with E-state index in [0.29, 0.717) is 18.8 Å². The highest BCUT2D eigenvalue weighted by Gasteiger charge is 2.56. The van der Waals surface area contributed by atoms with Gasteiger partial charge in [-0.15, -0.1) is 0 Å². The molecule has 1 aromatic heterocycles. The molecule has 9 heteroatoms. The van der Waals surface area contributed by atoms with Crippen molar-refractivity contribution in [2.75, 3.05) is 6.54 Å². The lowest BCUT2D eigenvalue weighted by molar-refractivity contribution is -0.123. The van der Waals surface area contributed by atoms with Crippen LogP contribution in [-0.2, 0) is 21.5 Å². The Morgan fingerprint density at radius 3 is 2.59 bits per heavy atom. The molecule has 1 aliphatic heterocycles. The van der Waals surface area contributed by atoms with E-state index in [1.54, 1.807) is 30.1 Å². The highest BCUT2D eigenvalue weighted by atomic mass is 16.5. The maximum Gasteiger partial charge on any atom is 0.194 e. The molecule has 2 aromatic rings. The minimum Gasteiger partial charge on any atom is -0.507 e. The summed E-state index contributed by atoms with van der Waals surface area (Å²) in [4.78, 5) is 38.7. The summed E-state index contributed by atoms with van der Waals surface area (Å²) in [6.07, 6.45) is 4.66. The van der Waals surface area contributed by atoms with E-state index in [1.807, 2.05) is 0 Å². The maximum absolute atomic E-state index is 13.6. The largest absolute Gasteiger partial charge is 0.507 e. The number of phenolic OH excluding ortho intramolecular Hbond substituents is 2. The van der Waals surface area contributed by atoms with E-state index in [-0.39, 0.29) is 39.5 Å². The Kier molecular flexibility index (Phi) is 4.92. The second-order valence-electron chi connectivity index (χ2n) is 8.08. The molecule has 2 heterocycles. The van der Waals surface area contributed by atoms with Crippen molar-refractivity contribution in [3.8, 4) is 17.2 Å². The molecule has 0 spiro atoms. The van der Waals surface area contributed by atoms with Crippen LogP contribution < -0.4 is 10.1 Å². The summed E-state index contributed by atoms with van der Waals surface area (Å²) in [5.74, 6) is -2.43. The molecule has 2 aliphatic rings. The van der Waals surface area contributed by atoms with E-state index in [1.165, 1.54) is 26.8 Å². The quantitative estimate of drug-likeness (QED) is 0.368. The molecule has 1 aromatic carbocycles. The predicted molar refractivity (Wildman–Crippen MR) is 114 cm³/mol. The fourth-order valence-electron chi connectivity index (χ4n) is 4.24. The van der Waals surface area contributed by atoms with Gasteiger partial charge in [-0.3, -0.25) is 19.1 Å². The van der Waals surface area contributed by atoms with Crippen LogP contribution in [0.25, 0.3) is 0 Å². The Labute approximate surface area is 184 Å². The highest BCUT2D eigenvalue weighted by molar-refractivity contribution is 6.31. The summed E-state index contributed by atoms with van der Waals surface area (Å²) < 4.78 is 7.46. The van der Waals surface area contributed by atoms with Crippen molar-refractivity contribution in [1.29, 1.82) is 0 Å². The third-order valence-electron chi connectivity index (χ3n) is 6.05. The zero-order valence-electron chi connectivity index (χ0n) is 18.1. The SMILES string of the molecule is CC(=O)c1c(O)c(C)c(O)c2c1OC1=CC(=O)C(=C(C)NCCn3cccn3)C(=O)[C@@]12C. The van der Waals surface area contributed by atoms with Crippen LogP contribution in [0.1, 0.15) is 42.3 Å². The van der Waals surface area contributed by atoms with E-state index in [9.17, 15) is 24.6 Å². The number of carbonyl (C=O) groups excluding carboxylic acids is 3. The number of benzene rings is 1. The molecule has 0 radical (unpaired) electrons. The summed E-state index contributed by atoms with van der Waals surface area (Å²) in [5, 5.41) is 28.4. The van der Waals surface area contributed by atoms with Crippen molar-refractivity contribution >= 4 is 17.3 Å². The van der Waals surface area contributed by atoms with Crippen LogP contribution in [0.2, 0.25) is 0 Å². The van der Waals surface area contributed by atoms with Gasteiger partial charge in [0.15, 0.2) is 17.3 Å². The van der Waals surface area contributed by atoms with E-state index >= 15 is 0 Å². The first kappa shape index (κ1) is 21.4. The van der Waals surface area contributed by atoms with Gasteiger partial charge in [-0.1, -0.05) is 0 Å². The minimum absolute atomic E-state index is 0.0124. The number of nitrogens with one attached hydrogen (secondary N) is 1. The van der Waals surface area contributed by atoms with Crippen LogP contribution in [0.5, 0.6) is 17.2 Å². The first-order valence-corrected chi connectivity index (χ1v) is 10.1. The van der Waals surface area contributed by atoms with Crippen LogP contribution in [0.15, 0.2) is 41.6 Å². The molecule has 1 aliphatic carbocycles. The van der Waals surface area contributed by atoms with Crippen molar-refractivity contribution in [3.05, 3.63) is 58.3 Å². The zero-order chi connectivity index (χ0) is 23.4. The number of aromatic nitrogens is 2. The molecule has 3 N–H and O–H groups in total. The van der Waals surface area contributed by atoms with Crippen LogP contribution in [-0.4, -0.2) is 43.9 Å². The molecule has 1 atom stereocenters. The van der Waals surface area contributed by atoms with Gasteiger partial charge in [-0.2, -0.15) is 5.10 Å². The summed E-state index contributed by atoms with van der Waals surface area (Å²) in [7, 11) is 0. The lowest BCUT2D eigenvalue weighted by atomic mass is 9.70. The number of phenols is 2. The molecular weight excluding hydrogens is 414 g/mol. The van der Waals surface area contributed by atoms with Crippen LogP contribution >= 0.6 is 0 Å². The van der Waals surface area contributed by atoms with Crippen molar-refractivity contribution in [3.63, 3.8) is 0 Å². The average Bonchev–Trinajstić information content (AvgIpc) is 3.33. The topological polar surface area (TPSA) is 131 Å². The summed E-state index contributed by atoms with van der Waals surface area (Å²) >= 11 is 0. The molecular formula is C23H23N3O6. The normalized spacial score (nSPS) is 20.9. The zero-order valence-corrected chi connectivity index (χ0v) is 18.1. The first-order chi connectivity index (χ1) is 15.1. The maximum atomic E-state index is 13.6. The van der Waals surface area contributed by atoms with Crippen molar-refractivity contribution in [1.82, 2.24) is 15.1 Å². The van der Waals surface area contributed by atoms with Crippen molar-refractivity contribution in [2.24, 2.45) is 0 Å². The standard InChI is InChI=1S/C23H23N3O6/c1-11-19(29)17(13(3)27)21-18(20(11)30)23(4)15(32-21)10-14(28)16(22(23)31)12(2)24-7-9-26-8-5-6-25-26/h5-6,8,10,24,29-30H,7,9H2,1-4H3/t23-/m0/s1. The molecule has 32 heavy (non-hydrogen) atoms. The van der Waals surface area contributed by atoms with Crippen molar-refractivity contribution < 1.29 is 29.3 Å². The number of nitrogens with zero attached hydrogens (tertiary/aromatic N) is 2. The molecule has 0 saturated carbocycles. The van der Waals surface area contributed by atoms with Gasteiger partial charge in [0, 0.05) is 36.3 Å². The monoisotopic (exact) mass is 437 g/mol. The molecule has 4 rings (SSSR count). The second-order valence-corrected chi connectivity index (χ2v) is 8.08. The first-order valence-electron chi connectivity index (χ1n) is 10.1. The number of carbonyl (C=O) groups is 3. The Hall–Kier alpha value is -3.88. The van der Waals surface area contributed by atoms with E-state index in [4.69, 9.17) is 4.74 Å². The third kappa shape index (κ3) is 2.92. The number of hydrogen-bond acceptors (Lipinski definition) is 8. The Morgan fingerprint density at radius 2 is 1.97 bits per heavy atom. The van der Waals surface area contributed by atoms with Gasteiger partial charge in [0.05, 0.1) is 17.7 Å². The molecule has 0 bridgehead atoms. The van der Waals surface area contributed by atoms with Crippen LogP contribution in [0.3, 0.4) is 0 Å². The smallest absolute Gasteiger partial charge is 0.194 e. The number of Topliss-reactive ketones (excluding diaryl/α,β-unsaturated/α-hetero) is 2. The van der Waals surface area contributed by atoms with Crippen LogP contribution in [0.4, 0.5) is 0 Å². The molecule has 0 fully saturated rings. The van der Waals surface area contributed by atoms with Gasteiger partial charge >= 0.3 is 0 Å². The van der Waals surface area contributed by atoms with Gasteiger partial charge in [-0.05, 0) is 33.8 Å². The fraction of sp³-hybridized carbons (Fsp3) is 0.304. The third-order valence-corrected chi connectivity index (χ3v) is 6.05. The van der Waals surface area contributed by atoms with E-state index in [2.05, 4.69) is 10.4 Å². The predicted octanol–water partition coefficient (Wildman–Crippen LogP) is 2.05. The minimum atomic E-state index is -1.52. The summed E-state index contributed by atoms with van der Waals surface area (Å²) in [5.41, 5.74) is -1.18. The fourth-order valence-corrected chi connectivity index (χ4v) is 4.24. The van der Waals surface area contributed by atoms with Gasteiger partial charge in [0.25, 0.3) is 0 Å². The summed E-state index contributed by atoms with van der Waals surface area (Å²) in [6.45, 7) is 6.84. The Bertz CT molecular complexity index is 1240. The number of ketones is 3. The molecule has 0 amide bonds. The molecule has 166 valence electrons. The van der Waals surface area contributed by atoms with Crippen LogP contribution in [0, 0.1) is 6.92 Å². The van der Waals surface area contributed by atoms with E-state index < -0.39 is 28.5 Å². The lowest BCUT2D eigenvalue weighted by Crippen LogP contribution is -2.41. The average molecular weight is 437 g/mol. The number of ether oxygens (including phenoxy) is 1. The molecule has 0 unspecified atom stereocenters. The van der Waals surface area contributed by atoms with Gasteiger partial charge in [0.2, 0.25) is 0 Å².